The molecule has 0 fully saturated rings. The molecule has 0 atom stereocenters. The van der Waals surface area contributed by atoms with Crippen molar-refractivity contribution in [1.29, 1.82) is 0 Å². The Bertz CT molecular complexity index is 69.4. The molecule has 0 saturated carbocycles. The molecule has 0 aromatic rings. The largest absolute Gasteiger partial charge is 0.415 e. The molecule has 0 aromatic carbocycles. The minimum atomic E-state index is -1.27. The molecule has 0 bridgehead atoms. The van der Waals surface area contributed by atoms with Gasteiger partial charge in [-0.1, -0.05) is 22.3 Å². The molecule has 0 heterocycles. The smallest absolute Gasteiger partial charge is 0.183 e. The molecule has 0 aliphatic carbocycles. The maximum absolute atomic E-state index is 5.48. The Kier molecular flexibility index (Phi) is 21.1. The highest BCUT2D eigenvalue weighted by Crippen LogP contribution is 2.00. The van der Waals surface area contributed by atoms with Gasteiger partial charge in [0.2, 0.25) is 0 Å². The third-order valence-corrected chi connectivity index (χ3v) is 1.89. The normalized spacial score (nSPS) is 9.00. The summed E-state index contributed by atoms with van der Waals surface area (Å²) >= 11 is 0. The van der Waals surface area contributed by atoms with Crippen LogP contribution in [0.4, 0.5) is 0 Å². The van der Waals surface area contributed by atoms with Crippen LogP contribution in [0.1, 0.15) is 22.3 Å². The highest BCUT2D eigenvalue weighted by atomic mass is 28.4. The summed E-state index contributed by atoms with van der Waals surface area (Å²) in [5, 5.41) is 0. The van der Waals surface area contributed by atoms with Crippen LogP contribution >= 0.6 is 0 Å². The van der Waals surface area contributed by atoms with E-state index in [0.29, 0.717) is 6.61 Å². The number of ether oxygens (including phenoxy) is 1. The van der Waals surface area contributed by atoms with Gasteiger partial charge in [-0.3, -0.25) is 0 Å². The van der Waals surface area contributed by atoms with Gasteiger partial charge >= 0.3 is 0 Å². The first kappa shape index (κ1) is 22.7. The van der Waals surface area contributed by atoms with E-state index in [1.165, 1.54) is 0 Å². The van der Waals surface area contributed by atoms with E-state index in [0.717, 1.165) is 6.61 Å². The van der Waals surface area contributed by atoms with Crippen LogP contribution in [0.3, 0.4) is 0 Å². The van der Waals surface area contributed by atoms with Gasteiger partial charge in [0.15, 0.2) is 8.32 Å². The van der Waals surface area contributed by atoms with Gasteiger partial charge in [0, 0.05) is 7.11 Å². The Hall–Kier alpha value is 0.137. The molecule has 0 aliphatic rings. The highest BCUT2D eigenvalue weighted by molar-refractivity contribution is 6.69. The van der Waals surface area contributed by atoms with Crippen LogP contribution in [0.5, 0.6) is 0 Å². The van der Waals surface area contributed by atoms with Gasteiger partial charge < -0.3 is 9.16 Å². The van der Waals surface area contributed by atoms with Crippen molar-refractivity contribution in [2.24, 2.45) is 0 Å². The van der Waals surface area contributed by atoms with Gasteiger partial charge in [-0.05, 0) is 19.6 Å². The second-order valence-corrected chi connectivity index (χ2v) is 7.47. The Morgan fingerprint density at radius 1 is 0.917 bits per heavy atom. The molecule has 0 radical (unpaired) electrons. The molecule has 2 nitrogen and oxygen atoms in total. The van der Waals surface area contributed by atoms with Crippen molar-refractivity contribution < 1.29 is 9.16 Å². The van der Waals surface area contributed by atoms with Gasteiger partial charge in [0.25, 0.3) is 0 Å². The van der Waals surface area contributed by atoms with E-state index in [4.69, 9.17) is 9.16 Å². The average Bonchev–Trinajstić information content (AvgIpc) is 1.63. The predicted octanol–water partition coefficient (Wildman–Crippen LogP) is 3.39. The summed E-state index contributed by atoms with van der Waals surface area (Å²) in [6.07, 6.45) is 0. The van der Waals surface area contributed by atoms with E-state index in [1.54, 1.807) is 7.11 Å². The van der Waals surface area contributed by atoms with E-state index in [-0.39, 0.29) is 22.3 Å². The third kappa shape index (κ3) is 22.5. The first-order valence-electron chi connectivity index (χ1n) is 3.19. The summed E-state index contributed by atoms with van der Waals surface area (Å²) in [5.41, 5.74) is 0. The Morgan fingerprint density at radius 3 is 1.58 bits per heavy atom. The van der Waals surface area contributed by atoms with Gasteiger partial charge in [-0.2, -0.15) is 0 Å². The predicted molar refractivity (Wildman–Crippen MR) is 61.4 cm³/mol. The van der Waals surface area contributed by atoms with Crippen LogP contribution in [0.2, 0.25) is 19.6 Å². The fourth-order valence-electron chi connectivity index (χ4n) is 0.431. The van der Waals surface area contributed by atoms with Gasteiger partial charge in [-0.15, -0.1) is 0 Å². The minimum Gasteiger partial charge on any atom is -0.415 e. The Morgan fingerprint density at radius 2 is 1.33 bits per heavy atom. The standard InChI is InChI=1S/C6H16O2Si.3CH4/c1-7-5-6-8-9(2,3)4;;;/h5-6H2,1-4H3;3*1H4. The molecule has 0 rings (SSSR count). The lowest BCUT2D eigenvalue weighted by Crippen LogP contribution is -2.27. The Balaban J connectivity index is -0.000000107. The Labute approximate surface area is 80.4 Å². The fourth-order valence-corrected chi connectivity index (χ4v) is 1.13. The van der Waals surface area contributed by atoms with Crippen molar-refractivity contribution in [3.63, 3.8) is 0 Å². The summed E-state index contributed by atoms with van der Waals surface area (Å²) in [6.45, 7) is 7.96. The number of hydrogen-bond donors (Lipinski definition) is 0. The van der Waals surface area contributed by atoms with E-state index in [2.05, 4.69) is 19.6 Å². The van der Waals surface area contributed by atoms with Crippen molar-refractivity contribution in [1.82, 2.24) is 0 Å². The molecule has 0 aliphatic heterocycles. The monoisotopic (exact) mass is 196 g/mol. The average molecular weight is 196 g/mol. The zero-order valence-corrected chi connectivity index (χ0v) is 7.73. The lowest BCUT2D eigenvalue weighted by Gasteiger charge is -2.16. The van der Waals surface area contributed by atoms with E-state index < -0.39 is 8.32 Å². The van der Waals surface area contributed by atoms with Crippen molar-refractivity contribution in [3.8, 4) is 0 Å². The zero-order chi connectivity index (χ0) is 7.33. The van der Waals surface area contributed by atoms with Gasteiger partial charge in [-0.25, -0.2) is 0 Å². The number of methoxy groups -OCH3 is 1. The van der Waals surface area contributed by atoms with Gasteiger partial charge in [0.05, 0.1) is 13.2 Å². The van der Waals surface area contributed by atoms with Crippen LogP contribution < -0.4 is 0 Å². The second-order valence-electron chi connectivity index (χ2n) is 2.95. The van der Waals surface area contributed by atoms with Crippen molar-refractivity contribution in [2.75, 3.05) is 20.3 Å². The van der Waals surface area contributed by atoms with Crippen LogP contribution in [0, 0.1) is 0 Å². The molecule has 0 N–H and O–H groups in total. The quantitative estimate of drug-likeness (QED) is 0.507. The van der Waals surface area contributed by atoms with Crippen LogP contribution in [0.25, 0.3) is 0 Å². The first-order valence-corrected chi connectivity index (χ1v) is 6.60. The maximum atomic E-state index is 5.48. The molecule has 0 aromatic heterocycles. The van der Waals surface area contributed by atoms with Crippen LogP contribution in [0.15, 0.2) is 0 Å². The second kappa shape index (κ2) is 11.1. The minimum absolute atomic E-state index is 0. The van der Waals surface area contributed by atoms with Crippen molar-refractivity contribution >= 4 is 8.32 Å². The van der Waals surface area contributed by atoms with Crippen LogP contribution in [-0.4, -0.2) is 28.6 Å². The molecule has 12 heavy (non-hydrogen) atoms. The SMILES string of the molecule is C.C.C.COCCO[Si](C)(C)C. The van der Waals surface area contributed by atoms with Crippen molar-refractivity contribution in [2.45, 2.75) is 41.9 Å². The topological polar surface area (TPSA) is 18.5 Å². The highest BCUT2D eigenvalue weighted by Gasteiger charge is 2.12. The van der Waals surface area contributed by atoms with E-state index in [1.807, 2.05) is 0 Å². The van der Waals surface area contributed by atoms with E-state index in [9.17, 15) is 0 Å². The molecule has 0 saturated heterocycles. The molecular formula is C9H28O2Si. The third-order valence-electron chi connectivity index (χ3n) is 0.823. The molecule has 3 heteroatoms. The van der Waals surface area contributed by atoms with Crippen LogP contribution in [-0.2, 0) is 9.16 Å². The number of rotatable bonds is 4. The summed E-state index contributed by atoms with van der Waals surface area (Å²) in [7, 11) is 0.414. The lowest BCUT2D eigenvalue weighted by molar-refractivity contribution is 0.143. The maximum Gasteiger partial charge on any atom is 0.183 e. The fraction of sp³-hybridized carbons (Fsp3) is 1.00. The molecule has 0 amide bonds. The van der Waals surface area contributed by atoms with E-state index >= 15 is 0 Å². The summed E-state index contributed by atoms with van der Waals surface area (Å²) in [6, 6.07) is 0. The molecular weight excluding hydrogens is 168 g/mol. The molecule has 80 valence electrons. The zero-order valence-electron chi connectivity index (χ0n) is 6.73. The van der Waals surface area contributed by atoms with Crippen molar-refractivity contribution in [3.05, 3.63) is 0 Å². The van der Waals surface area contributed by atoms with Gasteiger partial charge in [0.1, 0.15) is 0 Å². The summed E-state index contributed by atoms with van der Waals surface area (Å²) in [4.78, 5) is 0. The molecule has 0 spiro atoms. The number of hydrogen-bond acceptors (Lipinski definition) is 2. The molecule has 0 unspecified atom stereocenters. The first-order chi connectivity index (χ1) is 4.06. The summed E-state index contributed by atoms with van der Waals surface area (Å²) < 4.78 is 10.3. The lowest BCUT2D eigenvalue weighted by atomic mass is 10.8. The summed E-state index contributed by atoms with van der Waals surface area (Å²) in [5.74, 6) is 0.